The highest BCUT2D eigenvalue weighted by atomic mass is 35.5. The molecule has 0 spiro atoms. The van der Waals surface area contributed by atoms with Crippen LogP contribution in [-0.2, 0) is 16.1 Å². The average Bonchev–Trinajstić information content (AvgIpc) is 2.88. The van der Waals surface area contributed by atoms with E-state index in [1.807, 2.05) is 40.9 Å². The molecule has 158 valence electrons. The standard InChI is InChI=1S/C23H31ClN2O2S/c24-18-11-9-17(10-12-18)16-26-21(27)13-15-29-20-8-4-5-14-23(20,26)22(28)25-19-6-2-1-3-7-19/h9-12,19-20H,1-8,13-16H2,(H,25,28)/t20-,23+/m0/s1. The fraction of sp³-hybridized carbons (Fsp3) is 0.652. The highest BCUT2D eigenvalue weighted by molar-refractivity contribution is 8.00. The molecule has 2 aliphatic carbocycles. The van der Waals surface area contributed by atoms with E-state index in [-0.39, 0.29) is 23.1 Å². The van der Waals surface area contributed by atoms with Gasteiger partial charge in [-0.1, -0.05) is 55.8 Å². The zero-order chi connectivity index (χ0) is 20.3. The Hall–Kier alpha value is -1.20. The summed E-state index contributed by atoms with van der Waals surface area (Å²) in [5.41, 5.74) is 0.303. The van der Waals surface area contributed by atoms with E-state index in [2.05, 4.69) is 5.32 Å². The molecule has 3 fully saturated rings. The zero-order valence-electron chi connectivity index (χ0n) is 17.0. The van der Waals surface area contributed by atoms with E-state index in [1.165, 1.54) is 19.3 Å². The number of rotatable bonds is 4. The Morgan fingerprint density at radius 2 is 1.83 bits per heavy atom. The van der Waals surface area contributed by atoms with Crippen LogP contribution in [0.1, 0.15) is 69.8 Å². The zero-order valence-corrected chi connectivity index (χ0v) is 18.6. The Balaban J connectivity index is 1.66. The monoisotopic (exact) mass is 434 g/mol. The number of fused-ring (bicyclic) bond motifs is 1. The lowest BCUT2D eigenvalue weighted by Crippen LogP contribution is -2.66. The molecular weight excluding hydrogens is 404 g/mol. The maximum Gasteiger partial charge on any atom is 0.247 e. The summed E-state index contributed by atoms with van der Waals surface area (Å²) in [5, 5.41) is 4.25. The molecule has 0 radical (unpaired) electrons. The van der Waals surface area contributed by atoms with Crippen molar-refractivity contribution in [1.82, 2.24) is 10.2 Å². The van der Waals surface area contributed by atoms with Crippen molar-refractivity contribution in [2.75, 3.05) is 5.75 Å². The number of hydrogen-bond donors (Lipinski definition) is 1. The van der Waals surface area contributed by atoms with Gasteiger partial charge in [0.2, 0.25) is 11.8 Å². The van der Waals surface area contributed by atoms with Crippen molar-refractivity contribution < 1.29 is 9.59 Å². The van der Waals surface area contributed by atoms with Gasteiger partial charge in [-0.3, -0.25) is 9.59 Å². The normalized spacial score (nSPS) is 28.5. The minimum atomic E-state index is -0.729. The Labute approximate surface area is 183 Å². The van der Waals surface area contributed by atoms with Crippen molar-refractivity contribution in [2.24, 2.45) is 0 Å². The molecule has 2 saturated carbocycles. The topological polar surface area (TPSA) is 49.4 Å². The van der Waals surface area contributed by atoms with Gasteiger partial charge in [0.1, 0.15) is 5.54 Å². The Morgan fingerprint density at radius 1 is 1.10 bits per heavy atom. The molecule has 6 heteroatoms. The Kier molecular flexibility index (Phi) is 6.75. The van der Waals surface area contributed by atoms with Crippen LogP contribution in [0.2, 0.25) is 5.02 Å². The lowest BCUT2D eigenvalue weighted by molar-refractivity contribution is -0.150. The third kappa shape index (κ3) is 4.46. The molecule has 1 aromatic rings. The molecule has 3 aliphatic rings. The van der Waals surface area contributed by atoms with E-state index in [4.69, 9.17) is 11.6 Å². The van der Waals surface area contributed by atoms with E-state index in [1.54, 1.807) is 0 Å². The van der Waals surface area contributed by atoms with Crippen LogP contribution in [0.3, 0.4) is 0 Å². The number of carbonyl (C=O) groups excluding carboxylic acids is 2. The van der Waals surface area contributed by atoms with E-state index in [0.717, 1.165) is 49.8 Å². The molecule has 1 N–H and O–H groups in total. The molecule has 1 saturated heterocycles. The number of nitrogens with zero attached hydrogens (tertiary/aromatic N) is 1. The van der Waals surface area contributed by atoms with Crippen molar-refractivity contribution in [3.05, 3.63) is 34.9 Å². The number of halogens is 1. The van der Waals surface area contributed by atoms with Crippen LogP contribution in [0.25, 0.3) is 0 Å². The molecule has 29 heavy (non-hydrogen) atoms. The van der Waals surface area contributed by atoms with Crippen molar-refractivity contribution in [1.29, 1.82) is 0 Å². The average molecular weight is 435 g/mol. The van der Waals surface area contributed by atoms with E-state index < -0.39 is 5.54 Å². The van der Waals surface area contributed by atoms with Crippen LogP contribution in [0, 0.1) is 0 Å². The van der Waals surface area contributed by atoms with Crippen LogP contribution in [-0.4, -0.2) is 39.3 Å². The fourth-order valence-corrected chi connectivity index (χ4v) is 6.91. The number of hydrogen-bond acceptors (Lipinski definition) is 3. The molecule has 1 aromatic carbocycles. The second kappa shape index (κ2) is 9.30. The van der Waals surface area contributed by atoms with Crippen LogP contribution in [0.15, 0.2) is 24.3 Å². The molecule has 0 unspecified atom stereocenters. The Bertz CT molecular complexity index is 735. The van der Waals surface area contributed by atoms with Gasteiger partial charge in [0, 0.05) is 35.0 Å². The summed E-state index contributed by atoms with van der Waals surface area (Å²) in [4.78, 5) is 29.0. The summed E-state index contributed by atoms with van der Waals surface area (Å²) in [7, 11) is 0. The van der Waals surface area contributed by atoms with Gasteiger partial charge in [0.05, 0.1) is 0 Å². The molecule has 1 heterocycles. The second-order valence-corrected chi connectivity index (χ2v) is 10.4. The van der Waals surface area contributed by atoms with Crippen LogP contribution >= 0.6 is 23.4 Å². The van der Waals surface area contributed by atoms with Crippen LogP contribution in [0.5, 0.6) is 0 Å². The van der Waals surface area contributed by atoms with Crippen molar-refractivity contribution in [2.45, 2.75) is 87.6 Å². The molecule has 2 atom stereocenters. The summed E-state index contributed by atoms with van der Waals surface area (Å²) in [6, 6.07) is 7.92. The molecule has 0 aromatic heterocycles. The molecule has 4 rings (SSSR count). The van der Waals surface area contributed by atoms with Crippen molar-refractivity contribution in [3.63, 3.8) is 0 Å². The summed E-state index contributed by atoms with van der Waals surface area (Å²) in [6.07, 6.45) is 10.2. The van der Waals surface area contributed by atoms with Gasteiger partial charge in [-0.25, -0.2) is 0 Å². The number of thioether (sulfide) groups is 1. The highest BCUT2D eigenvalue weighted by Gasteiger charge is 2.54. The quantitative estimate of drug-likeness (QED) is 0.730. The van der Waals surface area contributed by atoms with E-state index in [9.17, 15) is 9.59 Å². The summed E-state index contributed by atoms with van der Waals surface area (Å²) < 4.78 is 0. The second-order valence-electron chi connectivity index (χ2n) is 8.69. The molecule has 4 nitrogen and oxygen atoms in total. The van der Waals surface area contributed by atoms with Gasteiger partial charge in [-0.2, -0.15) is 11.8 Å². The van der Waals surface area contributed by atoms with Crippen LogP contribution in [0.4, 0.5) is 0 Å². The van der Waals surface area contributed by atoms with Gasteiger partial charge in [-0.15, -0.1) is 0 Å². The minimum absolute atomic E-state index is 0.0887. The number of carbonyl (C=O) groups is 2. The maximum absolute atomic E-state index is 13.8. The number of amides is 2. The van der Waals surface area contributed by atoms with Crippen molar-refractivity contribution >= 4 is 35.2 Å². The summed E-state index contributed by atoms with van der Waals surface area (Å²) in [5.74, 6) is 1.00. The summed E-state index contributed by atoms with van der Waals surface area (Å²) in [6.45, 7) is 0.477. The van der Waals surface area contributed by atoms with E-state index in [0.29, 0.717) is 18.0 Å². The first-order chi connectivity index (χ1) is 14.1. The molecule has 1 aliphatic heterocycles. The molecule has 2 amide bonds. The van der Waals surface area contributed by atoms with E-state index >= 15 is 0 Å². The largest absolute Gasteiger partial charge is 0.351 e. The first kappa shape index (κ1) is 21.0. The van der Waals surface area contributed by atoms with Crippen LogP contribution < -0.4 is 5.32 Å². The third-order valence-electron chi connectivity index (χ3n) is 6.81. The SMILES string of the molecule is O=C1CCS[C@H]2CCCC[C@@]2(C(=O)NC2CCCCC2)N1Cc1ccc(Cl)cc1. The first-order valence-electron chi connectivity index (χ1n) is 11.1. The van der Waals surface area contributed by atoms with Gasteiger partial charge in [-0.05, 0) is 43.4 Å². The highest BCUT2D eigenvalue weighted by Crippen LogP contribution is 2.44. The predicted octanol–water partition coefficient (Wildman–Crippen LogP) is 4.94. The third-order valence-corrected chi connectivity index (χ3v) is 8.53. The van der Waals surface area contributed by atoms with Gasteiger partial charge in [0.25, 0.3) is 0 Å². The number of benzene rings is 1. The predicted molar refractivity (Wildman–Crippen MR) is 119 cm³/mol. The number of nitrogens with one attached hydrogen (secondary N) is 1. The van der Waals surface area contributed by atoms with Crippen molar-refractivity contribution in [3.8, 4) is 0 Å². The van der Waals surface area contributed by atoms with Gasteiger partial charge in [0.15, 0.2) is 0 Å². The fourth-order valence-electron chi connectivity index (χ4n) is 5.24. The lowest BCUT2D eigenvalue weighted by Gasteiger charge is -2.49. The smallest absolute Gasteiger partial charge is 0.247 e. The van der Waals surface area contributed by atoms with Gasteiger partial charge < -0.3 is 10.2 Å². The minimum Gasteiger partial charge on any atom is -0.351 e. The summed E-state index contributed by atoms with van der Waals surface area (Å²) >= 11 is 7.89. The maximum atomic E-state index is 13.8. The molecule has 0 bridgehead atoms. The van der Waals surface area contributed by atoms with Gasteiger partial charge >= 0.3 is 0 Å². The molecular formula is C23H31ClN2O2S. The lowest BCUT2D eigenvalue weighted by atomic mass is 9.77. The Morgan fingerprint density at radius 3 is 2.59 bits per heavy atom. The first-order valence-corrected chi connectivity index (χ1v) is 12.5.